The summed E-state index contributed by atoms with van der Waals surface area (Å²) in [6, 6.07) is 17.4. The van der Waals surface area contributed by atoms with Crippen molar-refractivity contribution in [3.8, 4) is 11.1 Å². The Morgan fingerprint density at radius 3 is 2.24 bits per heavy atom. The van der Waals surface area contributed by atoms with Crippen molar-refractivity contribution in [3.05, 3.63) is 70.5 Å². The number of pyridine rings is 1. The molecule has 0 bridgehead atoms. The molecule has 0 saturated carbocycles. The third-order valence-corrected chi connectivity index (χ3v) is 3.60. The minimum Gasteiger partial charge on any atom is -0.386 e. The van der Waals surface area contributed by atoms with Crippen LogP contribution in [0.25, 0.3) is 22.0 Å². The first-order chi connectivity index (χ1) is 9.98. The normalized spacial score (nSPS) is 11.8. The van der Waals surface area contributed by atoms with Gasteiger partial charge in [-0.15, -0.1) is 0 Å². The Morgan fingerprint density at radius 1 is 0.952 bits per heavy atom. The molecule has 0 aliphatic heterocycles. The lowest BCUT2D eigenvalue weighted by Gasteiger charge is -2.22. The molecule has 1 heterocycles. The number of fused-ring (bicyclic) bond motifs is 1. The van der Waals surface area contributed by atoms with Crippen molar-refractivity contribution in [2.75, 3.05) is 0 Å². The predicted molar refractivity (Wildman–Crippen MR) is 85.2 cm³/mol. The van der Waals surface area contributed by atoms with Gasteiger partial charge in [-0.25, -0.2) is 0 Å². The molecule has 0 aliphatic carbocycles. The minimum atomic E-state index is -1.22. The zero-order chi connectivity index (χ0) is 15.0. The van der Waals surface area contributed by atoms with Crippen LogP contribution in [0.2, 0.25) is 0 Å². The molecule has 0 saturated heterocycles. The molecule has 0 atom stereocenters. The number of benzene rings is 2. The van der Waals surface area contributed by atoms with Gasteiger partial charge in [-0.3, -0.25) is 4.79 Å². The number of aromatic amines is 1. The molecule has 3 rings (SSSR count). The molecule has 0 fully saturated rings. The van der Waals surface area contributed by atoms with E-state index in [9.17, 15) is 9.90 Å². The van der Waals surface area contributed by atoms with E-state index in [1.807, 2.05) is 54.6 Å². The van der Waals surface area contributed by atoms with Crippen LogP contribution in [0.4, 0.5) is 0 Å². The smallest absolute Gasteiger partial charge is 0.255 e. The summed E-state index contributed by atoms with van der Waals surface area (Å²) >= 11 is 0. The van der Waals surface area contributed by atoms with Gasteiger partial charge >= 0.3 is 0 Å². The van der Waals surface area contributed by atoms with Gasteiger partial charge in [-0.1, -0.05) is 48.5 Å². The SMILES string of the molecule is CC(C)(O)c1c(-c2ccccc2)c2ccccc2[nH]c1=O. The first-order valence-electron chi connectivity index (χ1n) is 6.92. The van der Waals surface area contributed by atoms with E-state index in [4.69, 9.17) is 0 Å². The first-order valence-corrected chi connectivity index (χ1v) is 6.92. The summed E-state index contributed by atoms with van der Waals surface area (Å²) in [6.45, 7) is 3.28. The summed E-state index contributed by atoms with van der Waals surface area (Å²) in [6.07, 6.45) is 0. The van der Waals surface area contributed by atoms with Crippen molar-refractivity contribution in [1.82, 2.24) is 4.98 Å². The third kappa shape index (κ3) is 2.36. The molecule has 0 unspecified atom stereocenters. The molecule has 21 heavy (non-hydrogen) atoms. The van der Waals surface area contributed by atoms with Crippen LogP contribution in [-0.2, 0) is 5.60 Å². The molecular weight excluding hydrogens is 262 g/mol. The van der Waals surface area contributed by atoms with Gasteiger partial charge in [-0.2, -0.15) is 0 Å². The van der Waals surface area contributed by atoms with E-state index in [1.165, 1.54) is 0 Å². The molecule has 3 aromatic rings. The van der Waals surface area contributed by atoms with Gasteiger partial charge in [0.2, 0.25) is 0 Å². The molecule has 0 amide bonds. The molecule has 0 radical (unpaired) electrons. The van der Waals surface area contributed by atoms with Crippen LogP contribution < -0.4 is 5.56 Å². The van der Waals surface area contributed by atoms with Gasteiger partial charge < -0.3 is 10.1 Å². The molecule has 3 nitrogen and oxygen atoms in total. The van der Waals surface area contributed by atoms with Crippen molar-refractivity contribution < 1.29 is 5.11 Å². The fraction of sp³-hybridized carbons (Fsp3) is 0.167. The Morgan fingerprint density at radius 2 is 1.57 bits per heavy atom. The van der Waals surface area contributed by atoms with E-state index in [0.29, 0.717) is 5.56 Å². The molecule has 0 aliphatic rings. The Labute approximate surface area is 122 Å². The lowest BCUT2D eigenvalue weighted by Crippen LogP contribution is -2.28. The van der Waals surface area contributed by atoms with Crippen LogP contribution >= 0.6 is 0 Å². The van der Waals surface area contributed by atoms with E-state index in [2.05, 4.69) is 4.98 Å². The van der Waals surface area contributed by atoms with Gasteiger partial charge in [-0.05, 0) is 25.5 Å². The van der Waals surface area contributed by atoms with Crippen LogP contribution in [0.1, 0.15) is 19.4 Å². The molecule has 2 N–H and O–H groups in total. The van der Waals surface area contributed by atoms with Crippen molar-refractivity contribution in [2.24, 2.45) is 0 Å². The zero-order valence-electron chi connectivity index (χ0n) is 12.1. The maximum atomic E-state index is 12.5. The van der Waals surface area contributed by atoms with Crippen LogP contribution in [0.5, 0.6) is 0 Å². The highest BCUT2D eigenvalue weighted by molar-refractivity contribution is 5.96. The molecule has 0 spiro atoms. The number of aromatic nitrogens is 1. The Bertz CT molecular complexity index is 842. The Kier molecular flexibility index (Phi) is 3.15. The summed E-state index contributed by atoms with van der Waals surface area (Å²) in [7, 11) is 0. The van der Waals surface area contributed by atoms with Gasteiger partial charge in [0.15, 0.2) is 0 Å². The number of H-pyrrole nitrogens is 1. The highest BCUT2D eigenvalue weighted by Gasteiger charge is 2.26. The Balaban J connectivity index is 2.52. The highest BCUT2D eigenvalue weighted by atomic mass is 16.3. The van der Waals surface area contributed by atoms with E-state index in [0.717, 1.165) is 22.0 Å². The van der Waals surface area contributed by atoms with E-state index < -0.39 is 5.60 Å². The van der Waals surface area contributed by atoms with Crippen LogP contribution in [0.3, 0.4) is 0 Å². The average molecular weight is 279 g/mol. The first kappa shape index (κ1) is 13.6. The van der Waals surface area contributed by atoms with E-state index in [-0.39, 0.29) is 5.56 Å². The van der Waals surface area contributed by atoms with Crippen LogP contribution in [0, 0.1) is 0 Å². The van der Waals surface area contributed by atoms with Crippen molar-refractivity contribution in [3.63, 3.8) is 0 Å². The molecule has 1 aromatic heterocycles. The van der Waals surface area contributed by atoms with Crippen LogP contribution in [0.15, 0.2) is 59.4 Å². The van der Waals surface area contributed by atoms with Crippen molar-refractivity contribution in [1.29, 1.82) is 0 Å². The van der Waals surface area contributed by atoms with Gasteiger partial charge in [0.1, 0.15) is 0 Å². The second-order valence-corrected chi connectivity index (χ2v) is 5.67. The quantitative estimate of drug-likeness (QED) is 0.755. The molecule has 3 heteroatoms. The number of hydrogen-bond acceptors (Lipinski definition) is 2. The average Bonchev–Trinajstić information content (AvgIpc) is 2.45. The van der Waals surface area contributed by atoms with Gasteiger partial charge in [0.25, 0.3) is 5.56 Å². The Hall–Kier alpha value is -2.39. The summed E-state index contributed by atoms with van der Waals surface area (Å²) < 4.78 is 0. The maximum Gasteiger partial charge on any atom is 0.255 e. The highest BCUT2D eigenvalue weighted by Crippen LogP contribution is 2.34. The maximum absolute atomic E-state index is 12.5. The summed E-state index contributed by atoms with van der Waals surface area (Å²) in [4.78, 5) is 15.3. The number of rotatable bonds is 2. The lowest BCUT2D eigenvalue weighted by atomic mass is 9.88. The number of para-hydroxylation sites is 1. The molecule has 2 aromatic carbocycles. The fourth-order valence-electron chi connectivity index (χ4n) is 2.73. The second-order valence-electron chi connectivity index (χ2n) is 5.67. The fourth-order valence-corrected chi connectivity index (χ4v) is 2.73. The number of aliphatic hydroxyl groups is 1. The van der Waals surface area contributed by atoms with Crippen LogP contribution in [-0.4, -0.2) is 10.1 Å². The third-order valence-electron chi connectivity index (χ3n) is 3.60. The minimum absolute atomic E-state index is 0.250. The molecule has 106 valence electrons. The van der Waals surface area contributed by atoms with E-state index >= 15 is 0 Å². The predicted octanol–water partition coefficient (Wildman–Crippen LogP) is 3.42. The zero-order valence-corrected chi connectivity index (χ0v) is 12.1. The number of nitrogens with one attached hydrogen (secondary N) is 1. The van der Waals surface area contributed by atoms with Crippen molar-refractivity contribution >= 4 is 10.9 Å². The van der Waals surface area contributed by atoms with Gasteiger partial charge in [0, 0.05) is 16.5 Å². The largest absolute Gasteiger partial charge is 0.386 e. The summed E-state index contributed by atoms with van der Waals surface area (Å²) in [5.74, 6) is 0. The topological polar surface area (TPSA) is 53.1 Å². The van der Waals surface area contributed by atoms with Gasteiger partial charge in [0.05, 0.1) is 11.2 Å². The summed E-state index contributed by atoms with van der Waals surface area (Å²) in [5, 5.41) is 11.4. The van der Waals surface area contributed by atoms with E-state index in [1.54, 1.807) is 13.8 Å². The van der Waals surface area contributed by atoms with Crippen molar-refractivity contribution in [2.45, 2.75) is 19.4 Å². The number of hydrogen-bond donors (Lipinski definition) is 2. The molecular formula is C18H17NO2. The second kappa shape index (κ2) is 4.86. The standard InChI is InChI=1S/C18H17NO2/c1-18(2,21)16-15(12-8-4-3-5-9-12)13-10-6-7-11-14(13)19-17(16)20/h3-11,21H,1-2H3,(H,19,20). The summed E-state index contributed by atoms with van der Waals surface area (Å²) in [5.41, 5.74) is 1.42. The monoisotopic (exact) mass is 279 g/mol. The lowest BCUT2D eigenvalue weighted by molar-refractivity contribution is 0.0778.